The van der Waals surface area contributed by atoms with E-state index in [4.69, 9.17) is 4.74 Å². The molecule has 37 heavy (non-hydrogen) atoms. The molecule has 0 saturated carbocycles. The number of Topliss-reactive ketones (excluding diaryl/α,β-unsaturated/α-hetero) is 1. The van der Waals surface area contributed by atoms with Crippen LogP contribution >= 0.6 is 0 Å². The zero-order valence-electron chi connectivity index (χ0n) is 24.2. The number of aliphatic hydroxyl groups excluding tert-OH is 1. The number of allylic oxidation sites excluding steroid dienone is 1. The molecule has 0 heterocycles. The molecule has 0 aromatic rings. The highest BCUT2D eigenvalue weighted by atomic mass is 16.5. The predicted octanol–water partition coefficient (Wildman–Crippen LogP) is 7.36. The second kappa shape index (κ2) is 25.9. The third-order valence-corrected chi connectivity index (χ3v) is 6.68. The van der Waals surface area contributed by atoms with Gasteiger partial charge in [-0.15, -0.1) is 0 Å². The summed E-state index contributed by atoms with van der Waals surface area (Å²) in [7, 11) is 0. The summed E-state index contributed by atoms with van der Waals surface area (Å²) in [5.41, 5.74) is 0. The minimum atomic E-state index is -0.933. The number of hydrogen-bond donors (Lipinski definition) is 2. The van der Waals surface area contributed by atoms with E-state index in [9.17, 15) is 19.5 Å². The molecule has 6 heteroatoms. The van der Waals surface area contributed by atoms with Gasteiger partial charge >= 0.3 is 5.97 Å². The highest BCUT2D eigenvalue weighted by Gasteiger charge is 2.21. The molecule has 216 valence electrons. The molecule has 0 aromatic carbocycles. The number of aliphatic hydroxyl groups is 1. The number of carbonyl (C=O) groups excluding carboxylic acids is 3. The van der Waals surface area contributed by atoms with Gasteiger partial charge in [0.2, 0.25) is 5.91 Å². The Morgan fingerprint density at radius 3 is 1.78 bits per heavy atom. The van der Waals surface area contributed by atoms with E-state index in [1.165, 1.54) is 77.6 Å². The zero-order chi connectivity index (χ0) is 27.6. The number of rotatable bonds is 26. The Kier molecular flexibility index (Phi) is 24.8. The largest absolute Gasteiger partial charge is 0.463 e. The fourth-order valence-electron chi connectivity index (χ4n) is 4.22. The lowest BCUT2D eigenvalue weighted by Crippen LogP contribution is -2.46. The van der Waals surface area contributed by atoms with Crippen LogP contribution in [0.3, 0.4) is 0 Å². The maximum Gasteiger partial charge on any atom is 0.306 e. The Bertz CT molecular complexity index is 604. The van der Waals surface area contributed by atoms with E-state index in [1.807, 2.05) is 6.08 Å². The lowest BCUT2D eigenvalue weighted by atomic mass is 10.0. The van der Waals surface area contributed by atoms with E-state index < -0.39 is 18.1 Å². The summed E-state index contributed by atoms with van der Waals surface area (Å²) >= 11 is 0. The molecule has 0 fully saturated rings. The van der Waals surface area contributed by atoms with Crippen LogP contribution in [-0.2, 0) is 19.1 Å². The zero-order valence-corrected chi connectivity index (χ0v) is 24.2. The molecule has 2 atom stereocenters. The highest BCUT2D eigenvalue weighted by Crippen LogP contribution is 2.12. The third kappa shape index (κ3) is 24.4. The molecule has 2 N–H and O–H groups in total. The smallest absolute Gasteiger partial charge is 0.306 e. The van der Waals surface area contributed by atoms with Crippen molar-refractivity contribution in [2.24, 2.45) is 0 Å². The third-order valence-electron chi connectivity index (χ3n) is 6.68. The second-order valence-electron chi connectivity index (χ2n) is 10.5. The molecule has 1 amide bonds. The monoisotopic (exact) mass is 523 g/mol. The molecule has 0 aliphatic heterocycles. The first-order valence-electron chi connectivity index (χ1n) is 15.2. The lowest BCUT2D eigenvalue weighted by molar-refractivity contribution is -0.146. The summed E-state index contributed by atoms with van der Waals surface area (Å²) in [6, 6.07) is -0.696. The number of esters is 1. The summed E-state index contributed by atoms with van der Waals surface area (Å²) in [5, 5.41) is 13.5. The van der Waals surface area contributed by atoms with Gasteiger partial charge in [0.15, 0.2) is 0 Å². The fourth-order valence-corrected chi connectivity index (χ4v) is 4.22. The normalized spacial score (nSPS) is 13.0. The van der Waals surface area contributed by atoms with Crippen molar-refractivity contribution in [2.75, 3.05) is 6.61 Å². The van der Waals surface area contributed by atoms with Crippen molar-refractivity contribution in [1.29, 1.82) is 0 Å². The fraction of sp³-hybridized carbons (Fsp3) is 0.839. The number of amides is 1. The topological polar surface area (TPSA) is 92.7 Å². The van der Waals surface area contributed by atoms with Crippen LogP contribution in [0, 0.1) is 0 Å². The summed E-state index contributed by atoms with van der Waals surface area (Å²) in [6.07, 6.45) is 23.7. The molecule has 0 aliphatic carbocycles. The minimum Gasteiger partial charge on any atom is -0.463 e. The van der Waals surface area contributed by atoms with Crippen molar-refractivity contribution in [2.45, 2.75) is 161 Å². The predicted molar refractivity (Wildman–Crippen MR) is 152 cm³/mol. The first-order valence-corrected chi connectivity index (χ1v) is 15.2. The average Bonchev–Trinajstić information content (AvgIpc) is 2.87. The molecule has 0 aliphatic rings. The van der Waals surface area contributed by atoms with Gasteiger partial charge in [-0.05, 0) is 26.2 Å². The van der Waals surface area contributed by atoms with E-state index in [-0.39, 0.29) is 31.1 Å². The molecule has 0 rings (SSSR count). The second-order valence-corrected chi connectivity index (χ2v) is 10.5. The average molecular weight is 524 g/mol. The quantitative estimate of drug-likeness (QED) is 0.0702. The van der Waals surface area contributed by atoms with Crippen LogP contribution in [0.15, 0.2) is 12.2 Å². The first kappa shape index (κ1) is 35.3. The van der Waals surface area contributed by atoms with Gasteiger partial charge in [-0.3, -0.25) is 9.59 Å². The molecule has 0 spiro atoms. The van der Waals surface area contributed by atoms with Gasteiger partial charge in [0.1, 0.15) is 12.4 Å². The first-order chi connectivity index (χ1) is 17.9. The number of carbonyl (C=O) groups is 3. The van der Waals surface area contributed by atoms with Crippen molar-refractivity contribution in [1.82, 2.24) is 5.32 Å². The van der Waals surface area contributed by atoms with Gasteiger partial charge in [-0.1, -0.05) is 116 Å². The van der Waals surface area contributed by atoms with Crippen LogP contribution in [0.25, 0.3) is 0 Å². The molecule has 0 aromatic heterocycles. The number of nitrogens with one attached hydrogen (secondary N) is 1. The van der Waals surface area contributed by atoms with Crippen LogP contribution in [0.2, 0.25) is 0 Å². The summed E-state index contributed by atoms with van der Waals surface area (Å²) < 4.78 is 5.25. The minimum absolute atomic E-state index is 0.0121. The Morgan fingerprint density at radius 2 is 1.24 bits per heavy atom. The Morgan fingerprint density at radius 1 is 0.730 bits per heavy atom. The number of hydrogen-bond acceptors (Lipinski definition) is 5. The Balaban J connectivity index is 4.34. The van der Waals surface area contributed by atoms with Gasteiger partial charge in [0.05, 0.1) is 18.6 Å². The van der Waals surface area contributed by atoms with E-state index in [0.717, 1.165) is 38.5 Å². The van der Waals surface area contributed by atoms with E-state index >= 15 is 0 Å². The van der Waals surface area contributed by atoms with Gasteiger partial charge in [0, 0.05) is 12.8 Å². The molecule has 0 unspecified atom stereocenters. The lowest BCUT2D eigenvalue weighted by Gasteiger charge is -2.22. The van der Waals surface area contributed by atoms with Crippen molar-refractivity contribution in [3.8, 4) is 0 Å². The Hall–Kier alpha value is -1.69. The molecular weight excluding hydrogens is 466 g/mol. The highest BCUT2D eigenvalue weighted by molar-refractivity contribution is 5.81. The van der Waals surface area contributed by atoms with Gasteiger partial charge < -0.3 is 20.0 Å². The SMILES string of the molecule is CCCCCCCCCCCCC/C=C/[C@@H](O)[C@H](COC(=O)CCC(C)=O)NC(=O)CCCCCCC. The number of unbranched alkanes of at least 4 members (excludes halogenated alkanes) is 15. The Labute approximate surface area is 227 Å². The standard InChI is InChI=1S/C31H57NO5/c1-4-6-8-10-11-12-13-14-15-16-17-19-20-22-29(34)28(26-37-31(36)25-24-27(3)33)32-30(35)23-21-18-9-7-5-2/h20,22,28-29,34H,4-19,21,23-26H2,1-3H3,(H,32,35)/b22-20+/t28-,29+/m0/s1. The van der Waals surface area contributed by atoms with Gasteiger partial charge in [-0.25, -0.2) is 0 Å². The summed E-state index contributed by atoms with van der Waals surface area (Å²) in [4.78, 5) is 35.4. The van der Waals surface area contributed by atoms with E-state index in [0.29, 0.717) is 6.42 Å². The van der Waals surface area contributed by atoms with Crippen LogP contribution < -0.4 is 5.32 Å². The summed E-state index contributed by atoms with van der Waals surface area (Å²) in [6.45, 7) is 5.73. The van der Waals surface area contributed by atoms with Crippen LogP contribution in [0.4, 0.5) is 0 Å². The van der Waals surface area contributed by atoms with Crippen molar-refractivity contribution < 1.29 is 24.2 Å². The van der Waals surface area contributed by atoms with Crippen molar-refractivity contribution >= 4 is 17.7 Å². The van der Waals surface area contributed by atoms with E-state index in [1.54, 1.807) is 6.08 Å². The van der Waals surface area contributed by atoms with Gasteiger partial charge in [0.25, 0.3) is 0 Å². The van der Waals surface area contributed by atoms with Crippen molar-refractivity contribution in [3.63, 3.8) is 0 Å². The summed E-state index contributed by atoms with van der Waals surface area (Å²) in [5.74, 6) is -0.708. The van der Waals surface area contributed by atoms with Crippen LogP contribution in [0.1, 0.15) is 149 Å². The maximum atomic E-state index is 12.4. The molecular formula is C31H57NO5. The van der Waals surface area contributed by atoms with Crippen LogP contribution in [-0.4, -0.2) is 41.5 Å². The molecule has 6 nitrogen and oxygen atoms in total. The van der Waals surface area contributed by atoms with Gasteiger partial charge in [-0.2, -0.15) is 0 Å². The number of ether oxygens (including phenoxy) is 1. The maximum absolute atomic E-state index is 12.4. The van der Waals surface area contributed by atoms with Crippen LogP contribution in [0.5, 0.6) is 0 Å². The molecule has 0 saturated heterocycles. The van der Waals surface area contributed by atoms with Crippen molar-refractivity contribution in [3.05, 3.63) is 12.2 Å². The number of ketones is 1. The molecule has 0 radical (unpaired) electrons. The van der Waals surface area contributed by atoms with E-state index in [2.05, 4.69) is 19.2 Å². The molecule has 0 bridgehead atoms.